The van der Waals surface area contributed by atoms with Gasteiger partial charge in [0.1, 0.15) is 0 Å². The average molecular weight is 307 g/mol. The van der Waals surface area contributed by atoms with Crippen molar-refractivity contribution in [2.75, 3.05) is 0 Å². The standard InChI is InChI=1S/C15H28.C7H14/c1-12-9-10-15(11-13(12)2)14-7-5-3-4-6-8-14;1-7-5-3-2-4-6-7/h12-15H,3-11H2,1-2H3;7H,2-6H2,1H3. The summed E-state index contributed by atoms with van der Waals surface area (Å²) in [5.74, 6) is 5.21. The summed E-state index contributed by atoms with van der Waals surface area (Å²) in [7, 11) is 0. The van der Waals surface area contributed by atoms with Crippen LogP contribution in [0.15, 0.2) is 0 Å². The Bertz CT molecular complexity index is 268. The lowest BCUT2D eigenvalue weighted by Gasteiger charge is -2.36. The number of hydrogen-bond donors (Lipinski definition) is 0. The van der Waals surface area contributed by atoms with Crippen LogP contribution in [0, 0.1) is 29.6 Å². The maximum atomic E-state index is 2.48. The molecule has 0 N–H and O–H groups in total. The van der Waals surface area contributed by atoms with E-state index in [1.165, 1.54) is 77.0 Å². The van der Waals surface area contributed by atoms with E-state index in [9.17, 15) is 0 Å². The zero-order valence-electron chi connectivity index (χ0n) is 15.8. The summed E-state index contributed by atoms with van der Waals surface area (Å²) >= 11 is 0. The second-order valence-electron chi connectivity index (χ2n) is 9.02. The van der Waals surface area contributed by atoms with Crippen molar-refractivity contribution < 1.29 is 0 Å². The summed E-state index contributed by atoms with van der Waals surface area (Å²) in [5.41, 5.74) is 0. The molecule has 3 fully saturated rings. The molecule has 0 amide bonds. The molecule has 3 unspecified atom stereocenters. The van der Waals surface area contributed by atoms with Gasteiger partial charge in [-0.05, 0) is 42.4 Å². The first kappa shape index (κ1) is 18.3. The van der Waals surface area contributed by atoms with Crippen LogP contribution in [0.2, 0.25) is 0 Å². The summed E-state index contributed by atoms with van der Waals surface area (Å²) in [6.45, 7) is 7.29. The van der Waals surface area contributed by atoms with E-state index in [1.54, 1.807) is 12.8 Å². The van der Waals surface area contributed by atoms with Crippen molar-refractivity contribution in [3.63, 3.8) is 0 Å². The molecule has 0 spiro atoms. The van der Waals surface area contributed by atoms with Gasteiger partial charge in [0.15, 0.2) is 0 Å². The Balaban J connectivity index is 0.000000211. The zero-order valence-corrected chi connectivity index (χ0v) is 15.8. The van der Waals surface area contributed by atoms with E-state index in [0.717, 1.165) is 29.6 Å². The van der Waals surface area contributed by atoms with Gasteiger partial charge in [0.05, 0.1) is 0 Å². The highest BCUT2D eigenvalue weighted by Crippen LogP contribution is 2.41. The molecule has 0 bridgehead atoms. The van der Waals surface area contributed by atoms with Crippen LogP contribution >= 0.6 is 0 Å². The van der Waals surface area contributed by atoms with E-state index in [1.807, 2.05) is 0 Å². The van der Waals surface area contributed by atoms with Crippen LogP contribution in [-0.4, -0.2) is 0 Å². The van der Waals surface area contributed by atoms with Gasteiger partial charge in [-0.3, -0.25) is 0 Å². The normalized spacial score (nSPS) is 35.3. The van der Waals surface area contributed by atoms with Crippen molar-refractivity contribution in [2.24, 2.45) is 29.6 Å². The molecule has 3 rings (SSSR count). The summed E-state index contributed by atoms with van der Waals surface area (Å²) in [6.07, 6.45) is 21.2. The Morgan fingerprint density at radius 1 is 0.455 bits per heavy atom. The average Bonchev–Trinajstić information content (AvgIpc) is 2.81. The molecule has 0 aromatic heterocycles. The first-order valence-corrected chi connectivity index (χ1v) is 10.7. The fraction of sp³-hybridized carbons (Fsp3) is 1.00. The molecule has 0 nitrogen and oxygen atoms in total. The van der Waals surface area contributed by atoms with Crippen LogP contribution in [0.4, 0.5) is 0 Å². The second kappa shape index (κ2) is 9.99. The predicted molar refractivity (Wildman–Crippen MR) is 99.1 cm³/mol. The molecule has 0 heterocycles. The molecule has 0 heteroatoms. The summed E-state index contributed by atoms with van der Waals surface area (Å²) in [5, 5.41) is 0. The Morgan fingerprint density at radius 2 is 1.00 bits per heavy atom. The molecule has 130 valence electrons. The first-order valence-electron chi connectivity index (χ1n) is 10.7. The molecule has 0 aliphatic heterocycles. The van der Waals surface area contributed by atoms with Gasteiger partial charge in [-0.2, -0.15) is 0 Å². The highest BCUT2D eigenvalue weighted by Gasteiger charge is 2.30. The van der Waals surface area contributed by atoms with Crippen molar-refractivity contribution in [1.82, 2.24) is 0 Å². The second-order valence-corrected chi connectivity index (χ2v) is 9.02. The van der Waals surface area contributed by atoms with Gasteiger partial charge in [0.2, 0.25) is 0 Å². The minimum absolute atomic E-state index is 0.993. The summed E-state index contributed by atoms with van der Waals surface area (Å²) in [4.78, 5) is 0. The quantitative estimate of drug-likeness (QED) is 0.437. The highest BCUT2D eigenvalue weighted by molar-refractivity contribution is 4.81. The third-order valence-corrected chi connectivity index (χ3v) is 7.10. The molecule has 0 radical (unpaired) electrons. The van der Waals surface area contributed by atoms with E-state index in [0.29, 0.717) is 0 Å². The Hall–Kier alpha value is 0. The van der Waals surface area contributed by atoms with Gasteiger partial charge in [-0.15, -0.1) is 0 Å². The van der Waals surface area contributed by atoms with Gasteiger partial charge in [0, 0.05) is 0 Å². The van der Waals surface area contributed by atoms with Gasteiger partial charge in [-0.1, -0.05) is 97.8 Å². The molecule has 3 saturated carbocycles. The summed E-state index contributed by atoms with van der Waals surface area (Å²) in [6, 6.07) is 0. The van der Waals surface area contributed by atoms with Crippen molar-refractivity contribution in [3.05, 3.63) is 0 Å². The van der Waals surface area contributed by atoms with Crippen molar-refractivity contribution in [3.8, 4) is 0 Å². The van der Waals surface area contributed by atoms with E-state index < -0.39 is 0 Å². The Morgan fingerprint density at radius 3 is 1.50 bits per heavy atom. The largest absolute Gasteiger partial charge is 0.0625 e. The van der Waals surface area contributed by atoms with Crippen molar-refractivity contribution >= 4 is 0 Å². The zero-order chi connectivity index (χ0) is 15.8. The monoisotopic (exact) mass is 306 g/mol. The smallest absolute Gasteiger partial charge is 0.0383 e. The van der Waals surface area contributed by atoms with Crippen molar-refractivity contribution in [2.45, 2.75) is 111 Å². The fourth-order valence-corrected chi connectivity index (χ4v) is 5.11. The molecule has 3 aliphatic carbocycles. The van der Waals surface area contributed by atoms with Crippen LogP contribution in [0.3, 0.4) is 0 Å². The lowest BCUT2D eigenvalue weighted by Crippen LogP contribution is -2.26. The van der Waals surface area contributed by atoms with Gasteiger partial charge >= 0.3 is 0 Å². The van der Waals surface area contributed by atoms with Crippen LogP contribution in [0.25, 0.3) is 0 Å². The van der Waals surface area contributed by atoms with E-state index in [-0.39, 0.29) is 0 Å². The third kappa shape index (κ3) is 6.25. The van der Waals surface area contributed by atoms with Crippen LogP contribution in [-0.2, 0) is 0 Å². The van der Waals surface area contributed by atoms with Gasteiger partial charge < -0.3 is 0 Å². The summed E-state index contributed by atoms with van der Waals surface area (Å²) < 4.78 is 0. The molecule has 0 aromatic carbocycles. The predicted octanol–water partition coefficient (Wildman–Crippen LogP) is 7.62. The van der Waals surface area contributed by atoms with Crippen molar-refractivity contribution in [1.29, 1.82) is 0 Å². The first-order chi connectivity index (χ1) is 10.7. The molecular weight excluding hydrogens is 264 g/mol. The maximum Gasteiger partial charge on any atom is -0.0383 e. The van der Waals surface area contributed by atoms with Gasteiger partial charge in [0.25, 0.3) is 0 Å². The van der Waals surface area contributed by atoms with Gasteiger partial charge in [-0.25, -0.2) is 0 Å². The minimum atomic E-state index is 0.993. The molecule has 3 aliphatic rings. The highest BCUT2D eigenvalue weighted by atomic mass is 14.4. The van der Waals surface area contributed by atoms with Crippen LogP contribution in [0.1, 0.15) is 111 Å². The molecule has 3 atom stereocenters. The topological polar surface area (TPSA) is 0 Å². The fourth-order valence-electron chi connectivity index (χ4n) is 5.11. The minimum Gasteiger partial charge on any atom is -0.0625 e. The van der Waals surface area contributed by atoms with E-state index in [4.69, 9.17) is 0 Å². The van der Waals surface area contributed by atoms with Crippen LogP contribution in [0.5, 0.6) is 0 Å². The number of hydrogen-bond acceptors (Lipinski definition) is 0. The van der Waals surface area contributed by atoms with E-state index in [2.05, 4.69) is 20.8 Å². The maximum absolute atomic E-state index is 2.48. The van der Waals surface area contributed by atoms with Crippen LogP contribution < -0.4 is 0 Å². The molecule has 22 heavy (non-hydrogen) atoms. The molecule has 0 saturated heterocycles. The van der Waals surface area contributed by atoms with E-state index >= 15 is 0 Å². The lowest BCUT2D eigenvalue weighted by molar-refractivity contribution is 0.146. The Labute approximate surface area is 140 Å². The SMILES string of the molecule is CC1CCC(C2CCCCCC2)CC1C.CC1CCCCC1. The molecule has 0 aromatic rings. The molecular formula is C22H42. The lowest BCUT2D eigenvalue weighted by atomic mass is 9.69. The number of rotatable bonds is 1. The Kier molecular flexibility index (Phi) is 8.33. The third-order valence-electron chi connectivity index (χ3n) is 7.10.